The van der Waals surface area contributed by atoms with Gasteiger partial charge in [-0.05, 0) is 45.4 Å². The largest absolute Gasteiger partial charge is 0.349 e. The molecule has 1 saturated heterocycles. The van der Waals surface area contributed by atoms with Crippen LogP contribution in [0.25, 0.3) is 23.5 Å². The fourth-order valence-corrected chi connectivity index (χ4v) is 4.25. The number of nitrogens with one attached hydrogen (secondary N) is 1. The Morgan fingerprint density at radius 2 is 2.15 bits per heavy atom. The molecule has 0 spiro atoms. The van der Waals surface area contributed by atoms with Crippen molar-refractivity contribution in [1.29, 1.82) is 0 Å². The number of fused-ring (bicyclic) bond motifs is 1. The second-order valence-corrected chi connectivity index (χ2v) is 7.84. The second kappa shape index (κ2) is 7.55. The number of aromatic nitrogens is 3. The van der Waals surface area contributed by atoms with Gasteiger partial charge in [0.05, 0.1) is 17.6 Å². The van der Waals surface area contributed by atoms with Gasteiger partial charge in [-0.15, -0.1) is 11.3 Å². The van der Waals surface area contributed by atoms with Crippen molar-refractivity contribution in [2.24, 2.45) is 0 Å². The van der Waals surface area contributed by atoms with Crippen LogP contribution in [0.4, 0.5) is 0 Å². The topological polar surface area (TPSA) is 63.1 Å². The maximum atomic E-state index is 12.5. The van der Waals surface area contributed by atoms with Gasteiger partial charge in [0, 0.05) is 29.7 Å². The first-order valence-electron chi connectivity index (χ1n) is 9.11. The van der Waals surface area contributed by atoms with Crippen LogP contribution < -0.4 is 5.32 Å². The molecule has 1 fully saturated rings. The molecule has 136 valence electrons. The van der Waals surface area contributed by atoms with E-state index < -0.39 is 0 Å². The molecular formula is C19H23N5OS. The molecule has 2 aliphatic rings. The van der Waals surface area contributed by atoms with Crippen molar-refractivity contribution < 1.29 is 4.79 Å². The van der Waals surface area contributed by atoms with Gasteiger partial charge in [0.25, 0.3) is 5.91 Å². The Morgan fingerprint density at radius 1 is 1.31 bits per heavy atom. The van der Waals surface area contributed by atoms with Gasteiger partial charge in [-0.2, -0.15) is 5.10 Å². The highest BCUT2D eigenvalue weighted by Crippen LogP contribution is 2.31. The van der Waals surface area contributed by atoms with Crippen molar-refractivity contribution in [2.45, 2.75) is 26.2 Å². The van der Waals surface area contributed by atoms with Crippen LogP contribution in [-0.2, 0) is 0 Å². The van der Waals surface area contributed by atoms with E-state index in [-0.39, 0.29) is 5.91 Å². The smallest absolute Gasteiger partial charge is 0.280 e. The number of nitrogens with zero attached hydrogens (tertiary/aromatic N) is 4. The maximum Gasteiger partial charge on any atom is 0.280 e. The summed E-state index contributed by atoms with van der Waals surface area (Å²) in [6.45, 7) is 5.88. The molecule has 0 atom stereocenters. The molecule has 2 aromatic heterocycles. The summed E-state index contributed by atoms with van der Waals surface area (Å²) in [6.07, 6.45) is 13.5. The molecular weight excluding hydrogens is 346 g/mol. The van der Waals surface area contributed by atoms with Gasteiger partial charge in [0.2, 0.25) is 0 Å². The van der Waals surface area contributed by atoms with Crippen LogP contribution in [0.2, 0.25) is 0 Å². The van der Waals surface area contributed by atoms with Gasteiger partial charge in [-0.3, -0.25) is 4.79 Å². The Balaban J connectivity index is 1.48. The summed E-state index contributed by atoms with van der Waals surface area (Å²) >= 11 is 1.44. The van der Waals surface area contributed by atoms with E-state index in [1.54, 1.807) is 0 Å². The molecule has 7 heteroatoms. The first-order chi connectivity index (χ1) is 12.7. The van der Waals surface area contributed by atoms with E-state index >= 15 is 0 Å². The minimum Gasteiger partial charge on any atom is -0.349 e. The summed E-state index contributed by atoms with van der Waals surface area (Å²) in [5.41, 5.74) is 2.83. The van der Waals surface area contributed by atoms with Gasteiger partial charge in [-0.25, -0.2) is 9.67 Å². The van der Waals surface area contributed by atoms with Crippen molar-refractivity contribution in [3.05, 3.63) is 33.9 Å². The molecule has 1 amide bonds. The zero-order valence-corrected chi connectivity index (χ0v) is 15.8. The van der Waals surface area contributed by atoms with E-state index in [0.717, 1.165) is 47.9 Å². The van der Waals surface area contributed by atoms with Gasteiger partial charge in [0.1, 0.15) is 0 Å². The van der Waals surface area contributed by atoms with E-state index in [2.05, 4.69) is 38.5 Å². The predicted molar refractivity (Wildman–Crippen MR) is 105 cm³/mol. The quantitative estimate of drug-likeness (QED) is 0.880. The van der Waals surface area contributed by atoms with Crippen LogP contribution in [0.5, 0.6) is 0 Å². The van der Waals surface area contributed by atoms with E-state index in [1.807, 2.05) is 24.0 Å². The molecule has 0 aromatic carbocycles. The lowest BCUT2D eigenvalue weighted by molar-refractivity contribution is 0.0949. The molecule has 1 N–H and O–H groups in total. The van der Waals surface area contributed by atoms with Crippen LogP contribution in [-0.4, -0.2) is 51.8 Å². The van der Waals surface area contributed by atoms with Gasteiger partial charge in [0.15, 0.2) is 5.01 Å². The highest BCUT2D eigenvalue weighted by Gasteiger charge is 2.20. The predicted octanol–water partition coefficient (Wildman–Crippen LogP) is 3.03. The third-order valence-electron chi connectivity index (χ3n) is 4.79. The van der Waals surface area contributed by atoms with Crippen molar-refractivity contribution in [3.8, 4) is 11.3 Å². The molecule has 2 aromatic rings. The fourth-order valence-electron chi connectivity index (χ4n) is 3.41. The molecule has 0 radical (unpaired) electrons. The zero-order chi connectivity index (χ0) is 17.9. The summed E-state index contributed by atoms with van der Waals surface area (Å²) in [7, 11) is 0. The number of rotatable bonds is 5. The van der Waals surface area contributed by atoms with Crippen molar-refractivity contribution in [1.82, 2.24) is 25.0 Å². The Kier molecular flexibility index (Phi) is 4.99. The van der Waals surface area contributed by atoms with E-state index in [0.29, 0.717) is 11.6 Å². The van der Waals surface area contributed by atoms with Gasteiger partial charge < -0.3 is 10.2 Å². The lowest BCUT2D eigenvalue weighted by Crippen LogP contribution is -2.33. The number of thiazole rings is 1. The lowest BCUT2D eigenvalue weighted by atomic mass is 10.1. The SMILES string of the molecule is Cc1sc(C(=O)NCCN2CCCC2)nc1-c1cnn2c1C=CCC=C2. The average Bonchev–Trinajstić information content (AvgIpc) is 3.33. The highest BCUT2D eigenvalue weighted by molar-refractivity contribution is 7.14. The van der Waals surface area contributed by atoms with E-state index in [9.17, 15) is 4.79 Å². The molecule has 26 heavy (non-hydrogen) atoms. The monoisotopic (exact) mass is 369 g/mol. The average molecular weight is 369 g/mol. The molecule has 2 aliphatic heterocycles. The number of aryl methyl sites for hydroxylation is 1. The molecule has 0 saturated carbocycles. The Bertz CT molecular complexity index is 857. The number of likely N-dealkylation sites (tertiary alicyclic amines) is 1. The number of hydrogen-bond acceptors (Lipinski definition) is 5. The number of hydrogen-bond donors (Lipinski definition) is 1. The van der Waals surface area contributed by atoms with Crippen LogP contribution in [0.1, 0.15) is 39.6 Å². The summed E-state index contributed by atoms with van der Waals surface area (Å²) in [6, 6.07) is 0. The summed E-state index contributed by atoms with van der Waals surface area (Å²) < 4.78 is 1.85. The van der Waals surface area contributed by atoms with Crippen molar-refractivity contribution >= 4 is 29.5 Å². The van der Waals surface area contributed by atoms with Crippen LogP contribution in [0.15, 0.2) is 18.3 Å². The minimum atomic E-state index is -0.0859. The Labute approximate surface area is 157 Å². The Hall–Kier alpha value is -2.25. The summed E-state index contributed by atoms with van der Waals surface area (Å²) in [5.74, 6) is -0.0859. The zero-order valence-electron chi connectivity index (χ0n) is 14.9. The van der Waals surface area contributed by atoms with Crippen molar-refractivity contribution in [2.75, 3.05) is 26.2 Å². The van der Waals surface area contributed by atoms with Crippen molar-refractivity contribution in [3.63, 3.8) is 0 Å². The molecule has 4 heterocycles. The van der Waals surface area contributed by atoms with E-state index in [4.69, 9.17) is 0 Å². The highest BCUT2D eigenvalue weighted by atomic mass is 32.1. The molecule has 0 unspecified atom stereocenters. The second-order valence-electron chi connectivity index (χ2n) is 6.64. The molecule has 4 rings (SSSR count). The van der Waals surface area contributed by atoms with Gasteiger partial charge in [-0.1, -0.05) is 12.2 Å². The van der Waals surface area contributed by atoms with Crippen LogP contribution >= 0.6 is 11.3 Å². The van der Waals surface area contributed by atoms with E-state index in [1.165, 1.54) is 24.2 Å². The molecule has 0 aliphatic carbocycles. The third-order valence-corrected chi connectivity index (χ3v) is 5.76. The lowest BCUT2D eigenvalue weighted by Gasteiger charge is -2.14. The summed E-state index contributed by atoms with van der Waals surface area (Å²) in [4.78, 5) is 20.5. The summed E-state index contributed by atoms with van der Waals surface area (Å²) in [5, 5.41) is 7.94. The minimum absolute atomic E-state index is 0.0859. The Morgan fingerprint density at radius 3 is 3.00 bits per heavy atom. The normalized spacial score (nSPS) is 16.7. The molecule has 6 nitrogen and oxygen atoms in total. The maximum absolute atomic E-state index is 12.5. The first-order valence-corrected chi connectivity index (χ1v) is 9.93. The number of carbonyl (C=O) groups excluding carboxylic acids is 1. The molecule has 0 bridgehead atoms. The third kappa shape index (κ3) is 3.50. The number of amides is 1. The number of allylic oxidation sites excluding steroid dienone is 2. The standard InChI is InChI=1S/C19H23N5OS/c1-14-17(15-13-21-24-11-4-2-3-7-16(15)24)22-19(26-14)18(25)20-8-12-23-9-5-6-10-23/h3-4,7,11,13H,2,5-6,8-10,12H2,1H3,(H,20,25). The first kappa shape index (κ1) is 17.2. The van der Waals surface area contributed by atoms with Crippen LogP contribution in [0.3, 0.4) is 0 Å². The van der Waals surface area contributed by atoms with Crippen LogP contribution in [0, 0.1) is 6.92 Å². The van der Waals surface area contributed by atoms with Gasteiger partial charge >= 0.3 is 0 Å². The number of carbonyl (C=O) groups is 1. The fraction of sp³-hybridized carbons (Fsp3) is 0.421.